The van der Waals surface area contributed by atoms with Gasteiger partial charge in [0.25, 0.3) is 6.43 Å². The summed E-state index contributed by atoms with van der Waals surface area (Å²) in [4.78, 5) is 16.9. The number of rotatable bonds is 4. The number of alkyl halides is 2. The first-order valence-corrected chi connectivity index (χ1v) is 10.7. The van der Waals surface area contributed by atoms with Crippen molar-refractivity contribution in [2.45, 2.75) is 31.9 Å². The van der Waals surface area contributed by atoms with E-state index in [9.17, 15) is 13.9 Å². The summed E-state index contributed by atoms with van der Waals surface area (Å²) < 4.78 is 28.2. The molecule has 2 aromatic heterocycles. The van der Waals surface area contributed by atoms with Crippen LogP contribution in [0.4, 0.5) is 20.3 Å². The molecule has 0 aliphatic carbocycles. The van der Waals surface area contributed by atoms with Gasteiger partial charge in [0.05, 0.1) is 11.6 Å². The Kier molecular flexibility index (Phi) is 5.12. The van der Waals surface area contributed by atoms with Crippen LogP contribution < -0.4 is 4.90 Å². The smallest absolute Gasteiger partial charge is 0.297 e. The highest BCUT2D eigenvalue weighted by atomic mass is 79.9. The zero-order valence-electron chi connectivity index (χ0n) is 16.1. The van der Waals surface area contributed by atoms with Crippen LogP contribution in [0.3, 0.4) is 0 Å². The maximum Gasteiger partial charge on any atom is 0.297 e. The number of nitrogens with zero attached hydrogens (tertiary/aromatic N) is 5. The fourth-order valence-corrected chi connectivity index (χ4v) is 4.81. The quantitative estimate of drug-likeness (QED) is 0.615. The SMILES string of the molecule is O[C@@H]1CCN(Cc2cnc3c(N4CCc5c(Br)cccc54)nc(C(F)F)nc3c2)C1. The van der Waals surface area contributed by atoms with Crippen LogP contribution in [-0.2, 0) is 13.0 Å². The topological polar surface area (TPSA) is 65.4 Å². The number of fused-ring (bicyclic) bond motifs is 2. The lowest BCUT2D eigenvalue weighted by Crippen LogP contribution is -2.21. The molecule has 1 atom stereocenters. The second kappa shape index (κ2) is 7.79. The summed E-state index contributed by atoms with van der Waals surface area (Å²) >= 11 is 3.57. The number of aromatic nitrogens is 3. The lowest BCUT2D eigenvalue weighted by molar-refractivity contribution is 0.141. The average molecular weight is 476 g/mol. The summed E-state index contributed by atoms with van der Waals surface area (Å²) in [6.07, 6.45) is 0.205. The van der Waals surface area contributed by atoms with Gasteiger partial charge in [0.15, 0.2) is 11.6 Å². The van der Waals surface area contributed by atoms with Gasteiger partial charge in [0.1, 0.15) is 5.52 Å². The van der Waals surface area contributed by atoms with Crippen LogP contribution >= 0.6 is 15.9 Å². The normalized spacial score (nSPS) is 19.2. The Hall–Kier alpha value is -2.23. The molecule has 0 spiro atoms. The van der Waals surface area contributed by atoms with Gasteiger partial charge in [0, 0.05) is 42.5 Å². The first-order valence-electron chi connectivity index (χ1n) is 9.89. The first-order chi connectivity index (χ1) is 14.5. The molecule has 9 heteroatoms. The molecule has 156 valence electrons. The van der Waals surface area contributed by atoms with Crippen molar-refractivity contribution < 1.29 is 13.9 Å². The molecule has 5 rings (SSSR count). The number of anilines is 2. The van der Waals surface area contributed by atoms with Gasteiger partial charge in [-0.05, 0) is 42.2 Å². The Labute approximate surface area is 180 Å². The molecular weight excluding hydrogens is 456 g/mol. The van der Waals surface area contributed by atoms with Gasteiger partial charge in [-0.15, -0.1) is 0 Å². The molecule has 0 saturated carbocycles. The fraction of sp³-hybridized carbons (Fsp3) is 0.381. The molecular formula is C21H20BrF2N5O. The first kappa shape index (κ1) is 19.7. The maximum absolute atomic E-state index is 13.6. The molecule has 1 fully saturated rings. The Morgan fingerprint density at radius 2 is 2.10 bits per heavy atom. The summed E-state index contributed by atoms with van der Waals surface area (Å²) in [6.45, 7) is 2.65. The molecule has 0 unspecified atom stereocenters. The third-order valence-electron chi connectivity index (χ3n) is 5.67. The van der Waals surface area contributed by atoms with E-state index in [1.807, 2.05) is 29.2 Å². The number of likely N-dealkylation sites (tertiary alicyclic amines) is 1. The van der Waals surface area contributed by atoms with Crippen LogP contribution in [0.1, 0.15) is 29.8 Å². The molecule has 3 aromatic rings. The fourth-order valence-electron chi connectivity index (χ4n) is 4.26. The van der Waals surface area contributed by atoms with Crippen LogP contribution in [-0.4, -0.2) is 50.7 Å². The molecule has 0 bridgehead atoms. The van der Waals surface area contributed by atoms with Gasteiger partial charge in [-0.3, -0.25) is 9.88 Å². The van der Waals surface area contributed by atoms with Gasteiger partial charge < -0.3 is 10.0 Å². The highest BCUT2D eigenvalue weighted by Crippen LogP contribution is 2.40. The van der Waals surface area contributed by atoms with Crippen LogP contribution in [0, 0.1) is 0 Å². The van der Waals surface area contributed by atoms with Crippen LogP contribution in [0.5, 0.6) is 0 Å². The van der Waals surface area contributed by atoms with E-state index in [2.05, 4.69) is 35.8 Å². The van der Waals surface area contributed by atoms with Gasteiger partial charge in [-0.1, -0.05) is 22.0 Å². The van der Waals surface area contributed by atoms with Crippen LogP contribution in [0.25, 0.3) is 11.0 Å². The minimum Gasteiger partial charge on any atom is -0.392 e. The minimum absolute atomic E-state index is 0.313. The number of benzene rings is 1. The van der Waals surface area contributed by atoms with Crippen molar-refractivity contribution in [3.05, 3.63) is 51.9 Å². The van der Waals surface area contributed by atoms with Crippen molar-refractivity contribution in [3.8, 4) is 0 Å². The number of pyridine rings is 1. The van der Waals surface area contributed by atoms with Crippen LogP contribution in [0.15, 0.2) is 34.9 Å². The van der Waals surface area contributed by atoms with Gasteiger partial charge in [-0.25, -0.2) is 18.7 Å². The average Bonchev–Trinajstić information content (AvgIpc) is 3.33. The number of aliphatic hydroxyl groups is 1. The van der Waals surface area contributed by atoms with E-state index in [1.165, 1.54) is 0 Å². The van der Waals surface area contributed by atoms with Gasteiger partial charge in [-0.2, -0.15) is 0 Å². The summed E-state index contributed by atoms with van der Waals surface area (Å²) in [6, 6.07) is 7.68. The number of halogens is 3. The lowest BCUT2D eigenvalue weighted by atomic mass is 10.2. The van der Waals surface area contributed by atoms with Crippen molar-refractivity contribution in [2.24, 2.45) is 0 Å². The predicted octanol–water partition coefficient (Wildman–Crippen LogP) is 3.99. The second-order valence-corrected chi connectivity index (χ2v) is 8.59. The second-order valence-electron chi connectivity index (χ2n) is 7.73. The Morgan fingerprint density at radius 3 is 2.87 bits per heavy atom. The van der Waals surface area contributed by atoms with Gasteiger partial charge in [0.2, 0.25) is 0 Å². The van der Waals surface area contributed by atoms with Crippen molar-refractivity contribution in [3.63, 3.8) is 0 Å². The standard InChI is InChI=1S/C21H20BrF2N5O/c22-15-2-1-3-17-14(15)5-7-29(17)21-18-16(26-20(27-21)19(23)24)8-12(9-25-18)10-28-6-4-13(30)11-28/h1-3,8-9,13,19,30H,4-7,10-11H2/t13-/m1/s1. The van der Waals surface area contributed by atoms with E-state index in [-0.39, 0.29) is 6.10 Å². The van der Waals surface area contributed by atoms with Crippen LogP contribution in [0.2, 0.25) is 0 Å². The number of β-amino-alcohol motifs (C(OH)–C–C–N with tert-alkyl or cyclic N) is 1. The molecule has 2 aliphatic heterocycles. The molecule has 6 nitrogen and oxygen atoms in total. The van der Waals surface area contributed by atoms with E-state index in [4.69, 9.17) is 0 Å². The van der Waals surface area contributed by atoms with E-state index >= 15 is 0 Å². The van der Waals surface area contributed by atoms with Gasteiger partial charge >= 0.3 is 0 Å². The zero-order chi connectivity index (χ0) is 20.8. The van der Waals surface area contributed by atoms with Crippen molar-refractivity contribution >= 4 is 38.5 Å². The third-order valence-corrected chi connectivity index (χ3v) is 6.41. The molecule has 0 radical (unpaired) electrons. The highest BCUT2D eigenvalue weighted by Gasteiger charge is 2.27. The summed E-state index contributed by atoms with van der Waals surface area (Å²) in [5, 5.41) is 9.73. The maximum atomic E-state index is 13.6. The highest BCUT2D eigenvalue weighted by molar-refractivity contribution is 9.10. The Morgan fingerprint density at radius 1 is 1.23 bits per heavy atom. The summed E-state index contributed by atoms with van der Waals surface area (Å²) in [5.41, 5.74) is 3.88. The van der Waals surface area contributed by atoms with Crippen molar-refractivity contribution in [1.29, 1.82) is 0 Å². The van der Waals surface area contributed by atoms with E-state index in [0.29, 0.717) is 36.5 Å². The Balaban J connectivity index is 1.57. The third kappa shape index (κ3) is 3.55. The van der Waals surface area contributed by atoms with E-state index in [1.54, 1.807) is 6.20 Å². The lowest BCUT2D eigenvalue weighted by Gasteiger charge is -2.21. The van der Waals surface area contributed by atoms with Crippen molar-refractivity contribution in [2.75, 3.05) is 24.5 Å². The minimum atomic E-state index is -2.77. The number of hydrogen-bond donors (Lipinski definition) is 1. The molecule has 1 saturated heterocycles. The molecule has 1 N–H and O–H groups in total. The monoisotopic (exact) mass is 475 g/mol. The van der Waals surface area contributed by atoms with E-state index < -0.39 is 12.2 Å². The summed E-state index contributed by atoms with van der Waals surface area (Å²) in [7, 11) is 0. The summed E-state index contributed by atoms with van der Waals surface area (Å²) in [5.74, 6) is -0.0770. The number of hydrogen-bond acceptors (Lipinski definition) is 6. The molecule has 1 aromatic carbocycles. The largest absolute Gasteiger partial charge is 0.392 e. The molecule has 0 amide bonds. The molecule has 2 aliphatic rings. The van der Waals surface area contributed by atoms with E-state index in [0.717, 1.165) is 40.7 Å². The number of aliphatic hydroxyl groups excluding tert-OH is 1. The Bertz CT molecular complexity index is 1110. The van der Waals surface area contributed by atoms with Crippen molar-refractivity contribution in [1.82, 2.24) is 19.9 Å². The molecule has 30 heavy (non-hydrogen) atoms. The zero-order valence-corrected chi connectivity index (χ0v) is 17.7. The predicted molar refractivity (Wildman–Crippen MR) is 113 cm³/mol. The molecule has 4 heterocycles.